The second kappa shape index (κ2) is 5.16. The molecular weight excluding hydrogens is 266 g/mol. The lowest BCUT2D eigenvalue weighted by atomic mass is 10.1. The molecule has 0 aliphatic heterocycles. The lowest BCUT2D eigenvalue weighted by Crippen LogP contribution is -2.35. The molecule has 0 spiro atoms. The molecule has 0 unspecified atom stereocenters. The molecule has 1 aliphatic rings. The van der Waals surface area contributed by atoms with Crippen molar-refractivity contribution in [1.29, 1.82) is 0 Å². The molecule has 3 rings (SSSR count). The molecule has 108 valence electrons. The van der Waals surface area contributed by atoms with Crippen LogP contribution in [0, 0.1) is 6.92 Å². The average Bonchev–Trinajstić information content (AvgIpc) is 3.28. The number of nitrogens with zero attached hydrogens (tertiary/aromatic N) is 2. The summed E-state index contributed by atoms with van der Waals surface area (Å²) in [4.78, 5) is 12.5. The normalized spacial score (nSPS) is 15.3. The maximum Gasteiger partial charge on any atom is 0.255 e. The van der Waals surface area contributed by atoms with E-state index < -0.39 is 0 Å². The SMILES string of the molecule is COc1cc(C)ccc1C(=O)NC1(c2cccnn2)CC1. The van der Waals surface area contributed by atoms with Crippen LogP contribution >= 0.6 is 0 Å². The van der Waals surface area contributed by atoms with Crippen LogP contribution in [0.2, 0.25) is 0 Å². The highest BCUT2D eigenvalue weighted by Gasteiger charge is 2.47. The molecule has 0 atom stereocenters. The number of benzene rings is 1. The number of aromatic nitrogens is 2. The van der Waals surface area contributed by atoms with Crippen LogP contribution in [0.3, 0.4) is 0 Å². The fourth-order valence-electron chi connectivity index (χ4n) is 2.40. The summed E-state index contributed by atoms with van der Waals surface area (Å²) >= 11 is 0. The minimum absolute atomic E-state index is 0.144. The Bertz CT molecular complexity index is 666. The highest BCUT2D eigenvalue weighted by molar-refractivity contribution is 5.97. The number of carbonyl (C=O) groups is 1. The van der Waals surface area contributed by atoms with E-state index in [2.05, 4.69) is 15.5 Å². The van der Waals surface area contributed by atoms with Gasteiger partial charge in [0.05, 0.1) is 23.9 Å². The topological polar surface area (TPSA) is 64.1 Å². The van der Waals surface area contributed by atoms with Crippen LogP contribution in [0.25, 0.3) is 0 Å². The van der Waals surface area contributed by atoms with Gasteiger partial charge in [0.1, 0.15) is 5.75 Å². The van der Waals surface area contributed by atoms with E-state index in [0.29, 0.717) is 11.3 Å². The van der Waals surface area contributed by atoms with Gasteiger partial charge in [0, 0.05) is 6.20 Å². The number of nitrogens with one attached hydrogen (secondary N) is 1. The molecule has 1 saturated carbocycles. The molecule has 0 bridgehead atoms. The van der Waals surface area contributed by atoms with Gasteiger partial charge >= 0.3 is 0 Å². The lowest BCUT2D eigenvalue weighted by molar-refractivity contribution is 0.0926. The lowest BCUT2D eigenvalue weighted by Gasteiger charge is -2.17. The smallest absolute Gasteiger partial charge is 0.255 e. The van der Waals surface area contributed by atoms with Gasteiger partial charge in [0.2, 0.25) is 0 Å². The zero-order valence-electron chi connectivity index (χ0n) is 12.1. The summed E-state index contributed by atoms with van der Waals surface area (Å²) in [5.74, 6) is 0.442. The number of hydrogen-bond donors (Lipinski definition) is 1. The van der Waals surface area contributed by atoms with E-state index in [0.717, 1.165) is 24.1 Å². The van der Waals surface area contributed by atoms with Crippen molar-refractivity contribution < 1.29 is 9.53 Å². The Hall–Kier alpha value is -2.43. The first kappa shape index (κ1) is 13.5. The second-order valence-corrected chi connectivity index (χ2v) is 5.35. The summed E-state index contributed by atoms with van der Waals surface area (Å²) in [6.45, 7) is 1.96. The molecule has 1 heterocycles. The number of methoxy groups -OCH3 is 1. The Morgan fingerprint density at radius 1 is 1.33 bits per heavy atom. The average molecular weight is 283 g/mol. The molecule has 1 aromatic heterocycles. The van der Waals surface area contributed by atoms with Gasteiger partial charge in [-0.3, -0.25) is 4.79 Å². The first-order chi connectivity index (χ1) is 10.1. The van der Waals surface area contributed by atoms with Crippen LogP contribution in [0.4, 0.5) is 0 Å². The first-order valence-corrected chi connectivity index (χ1v) is 6.90. The van der Waals surface area contributed by atoms with Gasteiger partial charge in [-0.1, -0.05) is 6.07 Å². The van der Waals surface area contributed by atoms with E-state index in [4.69, 9.17) is 4.74 Å². The van der Waals surface area contributed by atoms with E-state index in [1.807, 2.05) is 31.2 Å². The largest absolute Gasteiger partial charge is 0.496 e. The van der Waals surface area contributed by atoms with Gasteiger partial charge < -0.3 is 10.1 Å². The fraction of sp³-hybridized carbons (Fsp3) is 0.312. The van der Waals surface area contributed by atoms with Crippen molar-refractivity contribution in [3.63, 3.8) is 0 Å². The Morgan fingerprint density at radius 2 is 2.14 bits per heavy atom. The Labute approximate surface area is 123 Å². The molecule has 1 fully saturated rings. The van der Waals surface area contributed by atoms with Gasteiger partial charge in [-0.05, 0) is 49.6 Å². The van der Waals surface area contributed by atoms with Crippen LogP contribution in [0.1, 0.15) is 34.5 Å². The molecule has 1 aliphatic carbocycles. The number of rotatable bonds is 4. The minimum Gasteiger partial charge on any atom is -0.496 e. The molecule has 5 heteroatoms. The van der Waals surface area contributed by atoms with Crippen molar-refractivity contribution in [3.8, 4) is 5.75 Å². The van der Waals surface area contributed by atoms with Gasteiger partial charge in [-0.25, -0.2) is 0 Å². The summed E-state index contributed by atoms with van der Waals surface area (Å²) in [6.07, 6.45) is 3.39. The maximum absolute atomic E-state index is 12.5. The van der Waals surface area contributed by atoms with E-state index in [1.165, 1.54) is 0 Å². The monoisotopic (exact) mass is 283 g/mol. The molecule has 1 N–H and O–H groups in total. The van der Waals surface area contributed by atoms with Crippen LogP contribution in [0.15, 0.2) is 36.5 Å². The van der Waals surface area contributed by atoms with Crippen molar-refractivity contribution in [2.45, 2.75) is 25.3 Å². The van der Waals surface area contributed by atoms with Crippen molar-refractivity contribution in [1.82, 2.24) is 15.5 Å². The maximum atomic E-state index is 12.5. The summed E-state index contributed by atoms with van der Waals surface area (Å²) < 4.78 is 5.30. The van der Waals surface area contributed by atoms with Gasteiger partial charge in [0.15, 0.2) is 0 Å². The number of amides is 1. The highest BCUT2D eigenvalue weighted by Crippen LogP contribution is 2.44. The van der Waals surface area contributed by atoms with E-state index >= 15 is 0 Å². The van der Waals surface area contributed by atoms with Gasteiger partial charge in [0.25, 0.3) is 5.91 Å². The molecule has 0 saturated heterocycles. The molecule has 5 nitrogen and oxygen atoms in total. The van der Waals surface area contributed by atoms with Crippen molar-refractivity contribution >= 4 is 5.91 Å². The number of hydrogen-bond acceptors (Lipinski definition) is 4. The van der Waals surface area contributed by atoms with Crippen LogP contribution < -0.4 is 10.1 Å². The fourth-order valence-corrected chi connectivity index (χ4v) is 2.40. The predicted octanol–water partition coefficient (Wildman–Crippen LogP) is 2.21. The minimum atomic E-state index is -0.374. The van der Waals surface area contributed by atoms with Crippen molar-refractivity contribution in [3.05, 3.63) is 53.3 Å². The standard InChI is InChI=1S/C16H17N3O2/c1-11-5-6-12(13(10-11)21-2)15(20)18-16(7-8-16)14-4-3-9-17-19-14/h3-6,9-10H,7-8H2,1-2H3,(H,18,20). The van der Waals surface area contributed by atoms with Gasteiger partial charge in [-0.2, -0.15) is 10.2 Å². The summed E-state index contributed by atoms with van der Waals surface area (Å²) in [5, 5.41) is 11.1. The molecular formula is C16H17N3O2. The second-order valence-electron chi connectivity index (χ2n) is 5.35. The third kappa shape index (κ3) is 2.59. The Balaban J connectivity index is 1.84. The third-order valence-electron chi connectivity index (χ3n) is 3.77. The molecule has 1 aromatic carbocycles. The Morgan fingerprint density at radius 3 is 2.76 bits per heavy atom. The summed E-state index contributed by atoms with van der Waals surface area (Å²) in [5.41, 5.74) is 2.03. The number of aryl methyl sites for hydroxylation is 1. The van der Waals surface area contributed by atoms with Gasteiger partial charge in [-0.15, -0.1) is 0 Å². The molecule has 1 amide bonds. The quantitative estimate of drug-likeness (QED) is 0.934. The zero-order valence-corrected chi connectivity index (χ0v) is 12.1. The number of ether oxygens (including phenoxy) is 1. The molecule has 2 aromatic rings. The first-order valence-electron chi connectivity index (χ1n) is 6.90. The molecule has 0 radical (unpaired) electrons. The summed E-state index contributed by atoms with van der Waals surface area (Å²) in [7, 11) is 1.57. The van der Waals surface area contributed by atoms with E-state index in [1.54, 1.807) is 19.4 Å². The third-order valence-corrected chi connectivity index (χ3v) is 3.77. The van der Waals surface area contributed by atoms with Crippen LogP contribution in [0.5, 0.6) is 5.75 Å². The van der Waals surface area contributed by atoms with Crippen LogP contribution in [-0.4, -0.2) is 23.2 Å². The predicted molar refractivity (Wildman–Crippen MR) is 78.1 cm³/mol. The summed E-state index contributed by atoms with van der Waals surface area (Å²) in [6, 6.07) is 9.28. The zero-order chi connectivity index (χ0) is 14.9. The number of carbonyl (C=O) groups excluding carboxylic acids is 1. The van der Waals surface area contributed by atoms with E-state index in [-0.39, 0.29) is 11.4 Å². The van der Waals surface area contributed by atoms with Crippen molar-refractivity contribution in [2.75, 3.05) is 7.11 Å². The van der Waals surface area contributed by atoms with Crippen LogP contribution in [-0.2, 0) is 5.54 Å². The Kier molecular flexibility index (Phi) is 3.33. The highest BCUT2D eigenvalue weighted by atomic mass is 16.5. The van der Waals surface area contributed by atoms with E-state index in [9.17, 15) is 4.79 Å². The van der Waals surface area contributed by atoms with Crippen molar-refractivity contribution in [2.24, 2.45) is 0 Å². The molecule has 21 heavy (non-hydrogen) atoms.